The maximum atomic E-state index is 12.4. The van der Waals surface area contributed by atoms with Crippen molar-refractivity contribution >= 4 is 23.2 Å². The minimum Gasteiger partial charge on any atom is -0.390 e. The maximum Gasteiger partial charge on any atom is 0.253 e. The van der Waals surface area contributed by atoms with Gasteiger partial charge >= 0.3 is 0 Å². The lowest BCUT2D eigenvalue weighted by molar-refractivity contribution is 0.0374. The molecule has 1 aromatic carbocycles. The van der Waals surface area contributed by atoms with Gasteiger partial charge in [0.1, 0.15) is 0 Å². The molecule has 1 amide bonds. The summed E-state index contributed by atoms with van der Waals surface area (Å²) in [6.45, 7) is 5.41. The Balaban J connectivity index is 1.76. The highest BCUT2D eigenvalue weighted by Gasteiger charge is 2.12. The lowest BCUT2D eigenvalue weighted by Crippen LogP contribution is -2.38. The van der Waals surface area contributed by atoms with E-state index in [1.807, 2.05) is 18.2 Å². The van der Waals surface area contributed by atoms with E-state index in [0.29, 0.717) is 24.3 Å². The number of para-hydroxylation sites is 1. The van der Waals surface area contributed by atoms with Crippen LogP contribution in [0, 0.1) is 0 Å². The number of anilines is 1. The van der Waals surface area contributed by atoms with Crippen molar-refractivity contribution in [3.8, 4) is 0 Å². The summed E-state index contributed by atoms with van der Waals surface area (Å²) >= 11 is 5.59. The predicted octanol–water partition coefficient (Wildman–Crippen LogP) is 1.15. The number of nitrogens with one attached hydrogen (secondary N) is 2. The zero-order valence-electron chi connectivity index (χ0n) is 13.8. The van der Waals surface area contributed by atoms with E-state index in [0.717, 1.165) is 39.3 Å². The molecule has 0 spiro atoms. The third-order valence-corrected chi connectivity index (χ3v) is 4.27. The minimum atomic E-state index is -0.642. The van der Waals surface area contributed by atoms with E-state index in [9.17, 15) is 9.90 Å². The molecule has 0 saturated carbocycles. The van der Waals surface area contributed by atoms with E-state index in [1.165, 1.54) is 0 Å². The number of alkyl halides is 1. The zero-order valence-corrected chi connectivity index (χ0v) is 14.6. The molecule has 0 aromatic heterocycles. The number of amides is 1. The molecule has 6 nitrogen and oxygen atoms in total. The topological polar surface area (TPSA) is 73.8 Å². The van der Waals surface area contributed by atoms with Gasteiger partial charge in [0.05, 0.1) is 30.8 Å². The number of carbonyl (C=O) groups is 1. The first-order chi connectivity index (χ1) is 11.7. The van der Waals surface area contributed by atoms with Gasteiger partial charge in [-0.3, -0.25) is 9.69 Å². The average molecular weight is 356 g/mol. The van der Waals surface area contributed by atoms with Gasteiger partial charge in [-0.2, -0.15) is 0 Å². The number of carbonyl (C=O) groups excluding carboxylic acids is 1. The standard InChI is InChI=1S/C17H26ClN3O3/c18-12-14(22)13-20-16-5-2-1-4-15(16)17(23)19-6-3-7-21-8-10-24-11-9-21/h1-2,4-5,14,20,22H,3,6-13H2,(H,19,23). The van der Waals surface area contributed by atoms with Crippen molar-refractivity contribution in [3.63, 3.8) is 0 Å². The molecular formula is C17H26ClN3O3. The summed E-state index contributed by atoms with van der Waals surface area (Å²) < 4.78 is 5.32. The van der Waals surface area contributed by atoms with Gasteiger partial charge in [0, 0.05) is 31.9 Å². The van der Waals surface area contributed by atoms with E-state index in [-0.39, 0.29) is 11.8 Å². The molecule has 0 aliphatic carbocycles. The average Bonchev–Trinajstić information content (AvgIpc) is 2.64. The molecule has 24 heavy (non-hydrogen) atoms. The number of morpholine rings is 1. The molecule has 134 valence electrons. The van der Waals surface area contributed by atoms with Crippen molar-refractivity contribution in [2.24, 2.45) is 0 Å². The number of benzene rings is 1. The Bertz CT molecular complexity index is 510. The van der Waals surface area contributed by atoms with Crippen LogP contribution in [-0.2, 0) is 4.74 Å². The van der Waals surface area contributed by atoms with Crippen LogP contribution in [0.5, 0.6) is 0 Å². The van der Waals surface area contributed by atoms with Gasteiger partial charge in [0.15, 0.2) is 0 Å². The number of ether oxygens (including phenoxy) is 1. The second-order valence-corrected chi connectivity index (χ2v) is 6.11. The number of aliphatic hydroxyl groups is 1. The Morgan fingerprint density at radius 3 is 2.83 bits per heavy atom. The van der Waals surface area contributed by atoms with E-state index < -0.39 is 6.10 Å². The number of hydrogen-bond donors (Lipinski definition) is 3. The molecule has 1 fully saturated rings. The highest BCUT2D eigenvalue weighted by molar-refractivity contribution is 6.18. The summed E-state index contributed by atoms with van der Waals surface area (Å²) in [4.78, 5) is 14.7. The summed E-state index contributed by atoms with van der Waals surface area (Å²) in [6.07, 6.45) is 0.267. The van der Waals surface area contributed by atoms with Crippen molar-refractivity contribution in [3.05, 3.63) is 29.8 Å². The van der Waals surface area contributed by atoms with E-state index in [1.54, 1.807) is 6.07 Å². The van der Waals surface area contributed by atoms with Crippen LogP contribution < -0.4 is 10.6 Å². The first kappa shape index (κ1) is 19.0. The Labute approximate surface area is 148 Å². The molecule has 1 aliphatic heterocycles. The first-order valence-corrected chi connectivity index (χ1v) is 8.89. The fourth-order valence-electron chi connectivity index (χ4n) is 2.54. The van der Waals surface area contributed by atoms with Crippen LogP contribution in [0.3, 0.4) is 0 Å². The summed E-state index contributed by atoms with van der Waals surface area (Å²) in [5.41, 5.74) is 1.28. The summed E-state index contributed by atoms with van der Waals surface area (Å²) in [6, 6.07) is 7.27. The molecule has 1 unspecified atom stereocenters. The fraction of sp³-hybridized carbons (Fsp3) is 0.588. The van der Waals surface area contributed by atoms with E-state index in [2.05, 4.69) is 15.5 Å². The molecular weight excluding hydrogens is 330 g/mol. The van der Waals surface area contributed by atoms with Gasteiger partial charge in [-0.25, -0.2) is 0 Å². The highest BCUT2D eigenvalue weighted by atomic mass is 35.5. The Kier molecular flexibility index (Phi) is 8.32. The Morgan fingerprint density at radius 2 is 2.08 bits per heavy atom. The second-order valence-electron chi connectivity index (χ2n) is 5.80. The summed E-state index contributed by atoms with van der Waals surface area (Å²) in [5, 5.41) is 15.6. The number of rotatable bonds is 9. The Morgan fingerprint density at radius 1 is 1.33 bits per heavy atom. The molecule has 1 aliphatic rings. The normalized spacial score (nSPS) is 16.6. The molecule has 0 radical (unpaired) electrons. The van der Waals surface area contributed by atoms with Crippen molar-refractivity contribution in [1.82, 2.24) is 10.2 Å². The molecule has 7 heteroatoms. The first-order valence-electron chi connectivity index (χ1n) is 8.36. The number of halogens is 1. The number of hydrogen-bond acceptors (Lipinski definition) is 5. The molecule has 1 heterocycles. The van der Waals surface area contributed by atoms with Crippen LogP contribution in [0.15, 0.2) is 24.3 Å². The SMILES string of the molecule is O=C(NCCCN1CCOCC1)c1ccccc1NCC(O)CCl. The number of nitrogens with zero attached hydrogens (tertiary/aromatic N) is 1. The summed E-state index contributed by atoms with van der Waals surface area (Å²) in [7, 11) is 0. The van der Waals surface area contributed by atoms with Gasteiger partial charge in [-0.1, -0.05) is 12.1 Å². The van der Waals surface area contributed by atoms with Crippen LogP contribution in [-0.4, -0.2) is 73.8 Å². The summed E-state index contributed by atoms with van der Waals surface area (Å²) in [5.74, 6) is 0.0450. The van der Waals surface area contributed by atoms with Gasteiger partial charge in [-0.15, -0.1) is 11.6 Å². The molecule has 3 N–H and O–H groups in total. The zero-order chi connectivity index (χ0) is 17.2. The van der Waals surface area contributed by atoms with Crippen molar-refractivity contribution in [2.75, 3.05) is 57.1 Å². The van der Waals surface area contributed by atoms with Crippen LogP contribution in [0.25, 0.3) is 0 Å². The highest BCUT2D eigenvalue weighted by Crippen LogP contribution is 2.15. The molecule has 2 rings (SSSR count). The van der Waals surface area contributed by atoms with Gasteiger partial charge in [-0.05, 0) is 25.1 Å². The van der Waals surface area contributed by atoms with Gasteiger partial charge in [0.2, 0.25) is 0 Å². The van der Waals surface area contributed by atoms with Gasteiger partial charge in [0.25, 0.3) is 5.91 Å². The minimum absolute atomic E-state index is 0.111. The fourth-order valence-corrected chi connectivity index (χ4v) is 2.65. The van der Waals surface area contributed by atoms with E-state index in [4.69, 9.17) is 16.3 Å². The smallest absolute Gasteiger partial charge is 0.253 e. The molecule has 1 atom stereocenters. The predicted molar refractivity (Wildman–Crippen MR) is 95.9 cm³/mol. The Hall–Kier alpha value is -1.34. The van der Waals surface area contributed by atoms with Crippen LogP contribution >= 0.6 is 11.6 Å². The lowest BCUT2D eigenvalue weighted by Gasteiger charge is -2.26. The molecule has 1 saturated heterocycles. The van der Waals surface area contributed by atoms with Crippen molar-refractivity contribution < 1.29 is 14.6 Å². The van der Waals surface area contributed by atoms with Crippen molar-refractivity contribution in [2.45, 2.75) is 12.5 Å². The maximum absolute atomic E-state index is 12.4. The van der Waals surface area contributed by atoms with Crippen LogP contribution in [0.2, 0.25) is 0 Å². The van der Waals surface area contributed by atoms with Crippen molar-refractivity contribution in [1.29, 1.82) is 0 Å². The molecule has 0 bridgehead atoms. The third-order valence-electron chi connectivity index (χ3n) is 3.92. The molecule has 1 aromatic rings. The monoisotopic (exact) mass is 355 g/mol. The van der Waals surface area contributed by atoms with Crippen LogP contribution in [0.1, 0.15) is 16.8 Å². The van der Waals surface area contributed by atoms with Crippen LogP contribution in [0.4, 0.5) is 5.69 Å². The quantitative estimate of drug-likeness (QED) is 0.458. The van der Waals surface area contributed by atoms with E-state index >= 15 is 0 Å². The second kappa shape index (κ2) is 10.5. The largest absolute Gasteiger partial charge is 0.390 e. The third kappa shape index (κ3) is 6.28. The van der Waals surface area contributed by atoms with Gasteiger partial charge < -0.3 is 20.5 Å². The lowest BCUT2D eigenvalue weighted by atomic mass is 10.1. The number of aliphatic hydroxyl groups excluding tert-OH is 1.